The highest BCUT2D eigenvalue weighted by Crippen LogP contribution is 2.36. The monoisotopic (exact) mass is 272 g/mol. The van der Waals surface area contributed by atoms with Gasteiger partial charge in [0, 0.05) is 18.1 Å². The van der Waals surface area contributed by atoms with Crippen molar-refractivity contribution in [2.75, 3.05) is 0 Å². The number of rotatable bonds is 1. The lowest BCUT2D eigenvalue weighted by Gasteiger charge is -2.32. The van der Waals surface area contributed by atoms with E-state index in [-0.39, 0.29) is 18.3 Å². The van der Waals surface area contributed by atoms with Crippen molar-refractivity contribution in [1.82, 2.24) is 9.78 Å². The Morgan fingerprint density at radius 3 is 2.30 bits per heavy atom. The minimum atomic E-state index is -0.316. The predicted molar refractivity (Wildman–Crippen MR) is 81.2 cm³/mol. The molecular weight excluding hydrogens is 251 g/mol. The maximum atomic E-state index is 6.10. The van der Waals surface area contributed by atoms with Gasteiger partial charge in [-0.2, -0.15) is 5.10 Å². The normalized spacial score (nSPS) is 20.8. The molecule has 1 aromatic heterocycles. The molecular formula is C15H21BN2O2. The predicted octanol–water partition coefficient (Wildman–Crippen LogP) is 2.18. The van der Waals surface area contributed by atoms with Gasteiger partial charge >= 0.3 is 7.12 Å². The Labute approximate surface area is 120 Å². The first kappa shape index (κ1) is 13.6. The average molecular weight is 272 g/mol. The second-order valence-electron chi connectivity index (χ2n) is 6.57. The van der Waals surface area contributed by atoms with Crippen LogP contribution in [-0.4, -0.2) is 28.1 Å². The lowest BCUT2D eigenvalue weighted by Crippen LogP contribution is -2.41. The van der Waals surface area contributed by atoms with E-state index in [1.165, 1.54) is 0 Å². The fraction of sp³-hybridized carbons (Fsp3) is 0.533. The second-order valence-corrected chi connectivity index (χ2v) is 6.57. The zero-order chi connectivity index (χ0) is 14.7. The second kappa shape index (κ2) is 4.09. The van der Waals surface area contributed by atoms with E-state index in [1.807, 2.05) is 23.9 Å². The zero-order valence-electron chi connectivity index (χ0n) is 13.0. The fourth-order valence-corrected chi connectivity index (χ4v) is 2.47. The van der Waals surface area contributed by atoms with Gasteiger partial charge in [-0.25, -0.2) is 0 Å². The molecule has 4 nitrogen and oxygen atoms in total. The van der Waals surface area contributed by atoms with E-state index < -0.39 is 0 Å². The molecule has 0 bridgehead atoms. The average Bonchev–Trinajstić information content (AvgIpc) is 2.74. The highest BCUT2D eigenvalue weighted by atomic mass is 16.7. The van der Waals surface area contributed by atoms with Gasteiger partial charge in [-0.3, -0.25) is 4.68 Å². The number of benzene rings is 1. The smallest absolute Gasteiger partial charge is 0.399 e. The summed E-state index contributed by atoms with van der Waals surface area (Å²) in [5.74, 6) is 0. The van der Waals surface area contributed by atoms with Crippen LogP contribution in [0.3, 0.4) is 0 Å². The molecule has 0 N–H and O–H groups in total. The van der Waals surface area contributed by atoms with Crippen LogP contribution in [0, 0.1) is 6.92 Å². The molecule has 0 spiro atoms. The standard InChI is InChI=1S/C15H21BN2O2/c1-10-12-9-11(7-8-13(12)17-18(10)6)16-19-14(2,3)15(4,5)20-16/h7-9H,1-6H3. The van der Waals surface area contributed by atoms with Crippen LogP contribution in [0.25, 0.3) is 10.9 Å². The van der Waals surface area contributed by atoms with Gasteiger partial charge in [0.1, 0.15) is 0 Å². The molecule has 1 aromatic carbocycles. The van der Waals surface area contributed by atoms with Crippen molar-refractivity contribution in [3.05, 3.63) is 23.9 Å². The zero-order valence-corrected chi connectivity index (χ0v) is 13.0. The van der Waals surface area contributed by atoms with Crippen molar-refractivity contribution in [3.63, 3.8) is 0 Å². The maximum Gasteiger partial charge on any atom is 0.494 e. The third-order valence-electron chi connectivity index (χ3n) is 4.68. The summed E-state index contributed by atoms with van der Waals surface area (Å²) in [6.07, 6.45) is 0. The highest BCUT2D eigenvalue weighted by Gasteiger charge is 2.51. The van der Waals surface area contributed by atoms with E-state index in [1.54, 1.807) is 0 Å². The van der Waals surface area contributed by atoms with Crippen LogP contribution < -0.4 is 5.46 Å². The molecule has 3 rings (SSSR count). The highest BCUT2D eigenvalue weighted by molar-refractivity contribution is 6.62. The summed E-state index contributed by atoms with van der Waals surface area (Å²) >= 11 is 0. The van der Waals surface area contributed by atoms with E-state index in [4.69, 9.17) is 9.31 Å². The molecule has 1 aliphatic heterocycles. The lowest BCUT2D eigenvalue weighted by atomic mass is 9.78. The van der Waals surface area contributed by atoms with Gasteiger partial charge in [0.25, 0.3) is 0 Å². The Morgan fingerprint density at radius 1 is 1.10 bits per heavy atom. The molecule has 0 aliphatic carbocycles. The number of aryl methyl sites for hydroxylation is 2. The van der Waals surface area contributed by atoms with E-state index >= 15 is 0 Å². The minimum absolute atomic E-state index is 0.309. The third kappa shape index (κ3) is 1.88. The van der Waals surface area contributed by atoms with Crippen molar-refractivity contribution in [1.29, 1.82) is 0 Å². The molecule has 1 saturated heterocycles. The number of fused-ring (bicyclic) bond motifs is 1. The molecule has 106 valence electrons. The van der Waals surface area contributed by atoms with Gasteiger partial charge in [0.05, 0.1) is 16.7 Å². The number of aromatic nitrogens is 2. The SMILES string of the molecule is Cc1c2cc(B3OC(C)(C)C(C)(C)O3)ccc2nn1C. The summed E-state index contributed by atoms with van der Waals surface area (Å²) in [5.41, 5.74) is 2.59. The van der Waals surface area contributed by atoms with Crippen LogP contribution in [0.4, 0.5) is 0 Å². The van der Waals surface area contributed by atoms with Crippen molar-refractivity contribution in [2.45, 2.75) is 45.8 Å². The quantitative estimate of drug-likeness (QED) is 0.746. The van der Waals surface area contributed by atoms with Crippen LogP contribution in [0.5, 0.6) is 0 Å². The lowest BCUT2D eigenvalue weighted by molar-refractivity contribution is 0.00578. The Morgan fingerprint density at radius 2 is 1.70 bits per heavy atom. The van der Waals surface area contributed by atoms with Gasteiger partial charge in [0.2, 0.25) is 0 Å². The third-order valence-corrected chi connectivity index (χ3v) is 4.68. The van der Waals surface area contributed by atoms with Crippen molar-refractivity contribution in [2.24, 2.45) is 7.05 Å². The summed E-state index contributed by atoms with van der Waals surface area (Å²) in [4.78, 5) is 0. The van der Waals surface area contributed by atoms with Gasteiger partial charge in [-0.1, -0.05) is 12.1 Å². The summed E-state index contributed by atoms with van der Waals surface area (Å²) < 4.78 is 14.1. The molecule has 1 fully saturated rings. The number of hydrogen-bond donors (Lipinski definition) is 0. The van der Waals surface area contributed by atoms with Gasteiger partial charge in [-0.15, -0.1) is 0 Å². The number of nitrogens with zero attached hydrogens (tertiary/aromatic N) is 2. The van der Waals surface area contributed by atoms with Crippen LogP contribution >= 0.6 is 0 Å². The Hall–Kier alpha value is -1.33. The van der Waals surface area contributed by atoms with Crippen LogP contribution in [0.1, 0.15) is 33.4 Å². The molecule has 2 heterocycles. The molecule has 0 radical (unpaired) electrons. The van der Waals surface area contributed by atoms with Crippen molar-refractivity contribution in [3.8, 4) is 0 Å². The molecule has 20 heavy (non-hydrogen) atoms. The topological polar surface area (TPSA) is 36.3 Å². The Bertz CT molecular complexity index is 660. The fourth-order valence-electron chi connectivity index (χ4n) is 2.47. The Kier molecular flexibility index (Phi) is 2.79. The Balaban J connectivity index is 2.02. The molecule has 0 atom stereocenters. The van der Waals surface area contributed by atoms with Crippen LogP contribution in [-0.2, 0) is 16.4 Å². The van der Waals surface area contributed by atoms with Crippen LogP contribution in [0.15, 0.2) is 18.2 Å². The maximum absolute atomic E-state index is 6.10. The van der Waals surface area contributed by atoms with Gasteiger partial charge in [-0.05, 0) is 46.1 Å². The molecule has 0 saturated carbocycles. The van der Waals surface area contributed by atoms with E-state index in [2.05, 4.69) is 45.8 Å². The number of hydrogen-bond acceptors (Lipinski definition) is 3. The van der Waals surface area contributed by atoms with Crippen LogP contribution in [0.2, 0.25) is 0 Å². The summed E-state index contributed by atoms with van der Waals surface area (Å²) in [7, 11) is 1.65. The minimum Gasteiger partial charge on any atom is -0.399 e. The molecule has 5 heteroatoms. The van der Waals surface area contributed by atoms with E-state index in [0.717, 1.165) is 22.1 Å². The largest absolute Gasteiger partial charge is 0.494 e. The molecule has 0 unspecified atom stereocenters. The van der Waals surface area contributed by atoms with E-state index in [0.29, 0.717) is 0 Å². The molecule has 2 aromatic rings. The first-order valence-corrected chi connectivity index (χ1v) is 7.00. The summed E-state index contributed by atoms with van der Waals surface area (Å²) in [6.45, 7) is 10.4. The van der Waals surface area contributed by atoms with Crippen molar-refractivity contribution < 1.29 is 9.31 Å². The molecule has 1 aliphatic rings. The van der Waals surface area contributed by atoms with Gasteiger partial charge < -0.3 is 9.31 Å². The summed E-state index contributed by atoms with van der Waals surface area (Å²) in [5, 5.41) is 5.63. The summed E-state index contributed by atoms with van der Waals surface area (Å²) in [6, 6.07) is 6.19. The first-order valence-electron chi connectivity index (χ1n) is 7.00. The first-order chi connectivity index (χ1) is 9.21. The molecule has 0 amide bonds. The van der Waals surface area contributed by atoms with E-state index in [9.17, 15) is 0 Å². The van der Waals surface area contributed by atoms with Gasteiger partial charge in [0.15, 0.2) is 0 Å². The van der Waals surface area contributed by atoms with Crippen molar-refractivity contribution >= 4 is 23.5 Å².